The highest BCUT2D eigenvalue weighted by Crippen LogP contribution is 1.97. The van der Waals surface area contributed by atoms with E-state index in [0.29, 0.717) is 0 Å². The molecule has 0 aliphatic rings. The van der Waals surface area contributed by atoms with Crippen LogP contribution >= 0.6 is 0 Å². The highest BCUT2D eigenvalue weighted by Gasteiger charge is 1.90. The third-order valence-electron chi connectivity index (χ3n) is 1.39. The summed E-state index contributed by atoms with van der Waals surface area (Å²) in [7, 11) is 0. The van der Waals surface area contributed by atoms with Crippen molar-refractivity contribution in [3.8, 4) is 0 Å². The molecule has 1 N–H and O–H groups in total. The molecule has 0 amide bonds. The fourth-order valence-electron chi connectivity index (χ4n) is 0.617. The summed E-state index contributed by atoms with van der Waals surface area (Å²) in [5.41, 5.74) is 1.07. The standard InChI is InChI=1S/C8H6O.C4H6O2/c9-7-6-8-4-2-1-3-5-8;1-3(2)4(5)6/h1-6H;1H2,2H3,(H,5,6). The molecule has 78 valence electrons. The summed E-state index contributed by atoms with van der Waals surface area (Å²) >= 11 is 0. The molecular weight excluding hydrogens is 192 g/mol. The molecule has 1 rings (SSSR count). The van der Waals surface area contributed by atoms with Crippen LogP contribution in [0.15, 0.2) is 42.5 Å². The fraction of sp³-hybridized carbons (Fsp3) is 0.0833. The Morgan fingerprint density at radius 2 is 1.87 bits per heavy atom. The van der Waals surface area contributed by atoms with Crippen molar-refractivity contribution in [3.63, 3.8) is 0 Å². The summed E-state index contributed by atoms with van der Waals surface area (Å²) in [6, 6.07) is 9.37. The van der Waals surface area contributed by atoms with Gasteiger partial charge in [0.1, 0.15) is 5.94 Å². The molecule has 1 aromatic rings. The molecule has 0 spiro atoms. The minimum absolute atomic E-state index is 0.176. The van der Waals surface area contributed by atoms with Gasteiger partial charge in [0, 0.05) is 11.6 Å². The number of carboxylic acid groups (broad SMARTS) is 1. The Labute approximate surface area is 88.4 Å². The van der Waals surface area contributed by atoms with Crippen molar-refractivity contribution in [1.82, 2.24) is 0 Å². The number of benzene rings is 1. The lowest BCUT2D eigenvalue weighted by Gasteiger charge is -1.83. The Morgan fingerprint density at radius 1 is 1.40 bits per heavy atom. The molecule has 0 bridgehead atoms. The summed E-state index contributed by atoms with van der Waals surface area (Å²) in [5.74, 6) is 0.774. The Morgan fingerprint density at radius 3 is 2.20 bits per heavy atom. The van der Waals surface area contributed by atoms with Crippen LogP contribution < -0.4 is 0 Å². The topological polar surface area (TPSA) is 54.4 Å². The zero-order valence-corrected chi connectivity index (χ0v) is 8.43. The molecule has 0 unspecified atom stereocenters. The van der Waals surface area contributed by atoms with Crippen LogP contribution in [0.3, 0.4) is 0 Å². The van der Waals surface area contributed by atoms with Crippen molar-refractivity contribution in [2.24, 2.45) is 0 Å². The minimum atomic E-state index is -0.935. The van der Waals surface area contributed by atoms with Gasteiger partial charge in [-0.25, -0.2) is 9.59 Å². The number of aliphatic carboxylic acids is 1. The normalized spacial score (nSPS) is 7.80. The van der Waals surface area contributed by atoms with E-state index in [0.717, 1.165) is 5.56 Å². The number of carbonyl (C=O) groups is 1. The van der Waals surface area contributed by atoms with Crippen LogP contribution in [0.5, 0.6) is 0 Å². The monoisotopic (exact) mass is 204 g/mol. The van der Waals surface area contributed by atoms with E-state index in [9.17, 15) is 9.59 Å². The second kappa shape index (κ2) is 7.30. The van der Waals surface area contributed by atoms with E-state index >= 15 is 0 Å². The van der Waals surface area contributed by atoms with E-state index in [1.807, 2.05) is 30.3 Å². The van der Waals surface area contributed by atoms with Gasteiger partial charge in [-0.1, -0.05) is 36.9 Å². The Balaban J connectivity index is 0.000000288. The lowest BCUT2D eigenvalue weighted by Crippen LogP contribution is -1.92. The van der Waals surface area contributed by atoms with Crippen molar-refractivity contribution in [1.29, 1.82) is 0 Å². The molecule has 15 heavy (non-hydrogen) atoms. The SMILES string of the molecule is C=C(C)C(=O)O.O=C=Cc1ccccc1. The van der Waals surface area contributed by atoms with E-state index < -0.39 is 5.97 Å². The zero-order valence-electron chi connectivity index (χ0n) is 8.43. The highest BCUT2D eigenvalue weighted by molar-refractivity contribution is 5.84. The summed E-state index contributed by atoms with van der Waals surface area (Å²) in [4.78, 5) is 19.4. The minimum Gasteiger partial charge on any atom is -0.478 e. The van der Waals surface area contributed by atoms with Gasteiger partial charge in [0.05, 0.1) is 0 Å². The molecule has 0 saturated carbocycles. The molecule has 0 atom stereocenters. The molecule has 0 radical (unpaired) electrons. The van der Waals surface area contributed by atoms with Gasteiger partial charge in [-0.2, -0.15) is 0 Å². The number of hydrogen-bond acceptors (Lipinski definition) is 2. The smallest absolute Gasteiger partial charge is 0.330 e. The van der Waals surface area contributed by atoms with E-state index in [4.69, 9.17) is 5.11 Å². The number of carbonyl (C=O) groups excluding carboxylic acids is 1. The Kier molecular flexibility index (Phi) is 6.27. The van der Waals surface area contributed by atoms with Crippen LogP contribution in [0.4, 0.5) is 0 Å². The summed E-state index contributed by atoms with van der Waals surface area (Å²) < 4.78 is 0. The summed E-state index contributed by atoms with van der Waals surface area (Å²) in [6.45, 7) is 4.60. The maximum atomic E-state index is 9.79. The first-order valence-corrected chi connectivity index (χ1v) is 4.22. The van der Waals surface area contributed by atoms with E-state index in [1.165, 1.54) is 13.0 Å². The summed E-state index contributed by atoms with van der Waals surface area (Å²) in [6.07, 6.45) is 1.40. The van der Waals surface area contributed by atoms with Crippen LogP contribution in [-0.2, 0) is 9.59 Å². The van der Waals surface area contributed by atoms with Crippen LogP contribution in [0, 0.1) is 0 Å². The molecule has 3 heteroatoms. The maximum absolute atomic E-state index is 9.79. The number of carboxylic acids is 1. The second-order valence-corrected chi connectivity index (χ2v) is 2.76. The van der Waals surface area contributed by atoms with Gasteiger partial charge >= 0.3 is 5.97 Å². The lowest BCUT2D eigenvalue weighted by molar-refractivity contribution is -0.132. The van der Waals surface area contributed by atoms with Gasteiger partial charge in [-0.15, -0.1) is 0 Å². The highest BCUT2D eigenvalue weighted by atomic mass is 16.4. The van der Waals surface area contributed by atoms with E-state index in [2.05, 4.69) is 6.58 Å². The van der Waals surface area contributed by atoms with Gasteiger partial charge in [0.15, 0.2) is 0 Å². The van der Waals surface area contributed by atoms with Crippen molar-refractivity contribution < 1.29 is 14.7 Å². The van der Waals surface area contributed by atoms with Gasteiger partial charge in [0.2, 0.25) is 0 Å². The maximum Gasteiger partial charge on any atom is 0.330 e. The average molecular weight is 204 g/mol. The van der Waals surface area contributed by atoms with Crippen LogP contribution in [0.25, 0.3) is 6.08 Å². The molecular formula is C12H12O3. The summed E-state index contributed by atoms with van der Waals surface area (Å²) in [5, 5.41) is 7.89. The molecule has 0 aliphatic heterocycles. The molecule has 0 aliphatic carbocycles. The first-order chi connectivity index (χ1) is 7.07. The number of rotatable bonds is 2. The van der Waals surface area contributed by atoms with Crippen molar-refractivity contribution in [2.45, 2.75) is 6.92 Å². The molecule has 0 aromatic heterocycles. The van der Waals surface area contributed by atoms with Crippen LogP contribution in [0.2, 0.25) is 0 Å². The lowest BCUT2D eigenvalue weighted by atomic mass is 10.2. The Bertz CT molecular complexity index is 361. The fourth-order valence-corrected chi connectivity index (χ4v) is 0.617. The third kappa shape index (κ3) is 6.99. The molecule has 3 nitrogen and oxygen atoms in total. The quantitative estimate of drug-likeness (QED) is 0.593. The molecule has 0 heterocycles. The largest absolute Gasteiger partial charge is 0.478 e. The van der Waals surface area contributed by atoms with Gasteiger partial charge in [-0.3, -0.25) is 0 Å². The second-order valence-electron chi connectivity index (χ2n) is 2.76. The van der Waals surface area contributed by atoms with Crippen molar-refractivity contribution in [3.05, 3.63) is 48.0 Å². The predicted octanol–water partition coefficient (Wildman–Crippen LogP) is 2.18. The van der Waals surface area contributed by atoms with Gasteiger partial charge in [-0.05, 0) is 12.5 Å². The number of hydrogen-bond donors (Lipinski definition) is 1. The van der Waals surface area contributed by atoms with E-state index in [1.54, 1.807) is 5.94 Å². The van der Waals surface area contributed by atoms with Gasteiger partial charge < -0.3 is 5.11 Å². The predicted molar refractivity (Wildman–Crippen MR) is 59.0 cm³/mol. The van der Waals surface area contributed by atoms with Crippen LogP contribution in [-0.4, -0.2) is 17.0 Å². The first kappa shape index (κ1) is 12.9. The van der Waals surface area contributed by atoms with Crippen LogP contribution in [0.1, 0.15) is 12.5 Å². The van der Waals surface area contributed by atoms with Crippen molar-refractivity contribution >= 4 is 18.0 Å². The Hall–Kier alpha value is -2.12. The molecule has 1 aromatic carbocycles. The molecule has 0 fully saturated rings. The van der Waals surface area contributed by atoms with E-state index in [-0.39, 0.29) is 5.57 Å². The third-order valence-corrected chi connectivity index (χ3v) is 1.39. The molecule has 0 saturated heterocycles. The zero-order chi connectivity index (χ0) is 11.7. The first-order valence-electron chi connectivity index (χ1n) is 4.22. The average Bonchev–Trinajstić information content (AvgIpc) is 2.20. The van der Waals surface area contributed by atoms with Crippen molar-refractivity contribution in [2.75, 3.05) is 0 Å². The van der Waals surface area contributed by atoms with Gasteiger partial charge in [0.25, 0.3) is 0 Å².